The predicted octanol–water partition coefficient (Wildman–Crippen LogP) is 2.76. The fourth-order valence-corrected chi connectivity index (χ4v) is 2.41. The van der Waals surface area contributed by atoms with Gasteiger partial charge in [0.05, 0.1) is 10.6 Å². The summed E-state index contributed by atoms with van der Waals surface area (Å²) < 4.78 is 3.22. The molecule has 0 saturated carbocycles. The molecule has 2 heterocycles. The summed E-state index contributed by atoms with van der Waals surface area (Å²) in [7, 11) is 1.72. The van der Waals surface area contributed by atoms with Gasteiger partial charge in [0.2, 0.25) is 5.82 Å². The van der Waals surface area contributed by atoms with E-state index in [2.05, 4.69) is 10.2 Å². The van der Waals surface area contributed by atoms with E-state index >= 15 is 0 Å². The summed E-state index contributed by atoms with van der Waals surface area (Å²) in [6, 6.07) is 1.99. The third kappa shape index (κ3) is 2.55. The Hall–Kier alpha value is -2.18. The molecule has 7 nitrogen and oxygen atoms in total. The molecule has 7 heteroatoms. The van der Waals surface area contributed by atoms with E-state index in [1.54, 1.807) is 16.4 Å². The van der Waals surface area contributed by atoms with Crippen molar-refractivity contribution in [3.05, 3.63) is 33.3 Å². The van der Waals surface area contributed by atoms with Gasteiger partial charge >= 0.3 is 5.69 Å². The van der Waals surface area contributed by atoms with Crippen molar-refractivity contribution in [1.82, 2.24) is 19.6 Å². The van der Waals surface area contributed by atoms with E-state index in [9.17, 15) is 10.1 Å². The second kappa shape index (κ2) is 5.67. The summed E-state index contributed by atoms with van der Waals surface area (Å²) in [4.78, 5) is 11.2. The van der Waals surface area contributed by atoms with E-state index < -0.39 is 0 Å². The zero-order valence-electron chi connectivity index (χ0n) is 13.1. The van der Waals surface area contributed by atoms with Gasteiger partial charge in [-0.2, -0.15) is 10.2 Å². The highest BCUT2D eigenvalue weighted by Crippen LogP contribution is 2.32. The molecular weight excluding hydrogens is 270 g/mol. The van der Waals surface area contributed by atoms with E-state index in [0.717, 1.165) is 24.2 Å². The first kappa shape index (κ1) is 15.2. The fraction of sp³-hybridized carbons (Fsp3) is 0.571. The van der Waals surface area contributed by atoms with E-state index in [1.165, 1.54) is 0 Å². The standard InChI is InChI=1S/C14H21N5O2/c1-6-10-8-11(7-2)18(15-10)14-13(19(20)21)12(9(3)4)16-17(14)5/h8-9H,6-7H2,1-5H3. The molecule has 0 bridgehead atoms. The topological polar surface area (TPSA) is 78.8 Å². The smallest absolute Gasteiger partial charge is 0.258 e. The molecular formula is C14H21N5O2. The van der Waals surface area contributed by atoms with Crippen LogP contribution in [-0.2, 0) is 19.9 Å². The molecule has 0 aromatic carbocycles. The highest BCUT2D eigenvalue weighted by atomic mass is 16.6. The Bertz CT molecular complexity index is 669. The molecule has 0 saturated heterocycles. The zero-order valence-corrected chi connectivity index (χ0v) is 13.1. The van der Waals surface area contributed by atoms with Crippen molar-refractivity contribution in [3.63, 3.8) is 0 Å². The molecule has 0 amide bonds. The Balaban J connectivity index is 2.74. The monoisotopic (exact) mass is 291 g/mol. The van der Waals surface area contributed by atoms with Crippen LogP contribution in [0.5, 0.6) is 0 Å². The van der Waals surface area contributed by atoms with Gasteiger partial charge in [-0.05, 0) is 18.9 Å². The number of aryl methyl sites for hydroxylation is 3. The maximum Gasteiger partial charge on any atom is 0.336 e. The fourth-order valence-electron chi connectivity index (χ4n) is 2.41. The first-order valence-corrected chi connectivity index (χ1v) is 7.20. The Morgan fingerprint density at radius 1 is 1.29 bits per heavy atom. The first-order valence-electron chi connectivity index (χ1n) is 7.20. The van der Waals surface area contributed by atoms with Crippen LogP contribution in [-0.4, -0.2) is 24.5 Å². The van der Waals surface area contributed by atoms with Crippen LogP contribution in [0.4, 0.5) is 5.69 Å². The average molecular weight is 291 g/mol. The van der Waals surface area contributed by atoms with Crippen molar-refractivity contribution < 1.29 is 4.92 Å². The molecule has 0 atom stereocenters. The Kier molecular flexibility index (Phi) is 4.11. The predicted molar refractivity (Wildman–Crippen MR) is 79.8 cm³/mol. The van der Waals surface area contributed by atoms with Gasteiger partial charge in [0, 0.05) is 18.7 Å². The molecule has 0 unspecified atom stereocenters. The van der Waals surface area contributed by atoms with Crippen LogP contribution in [0.25, 0.3) is 5.82 Å². The quantitative estimate of drug-likeness (QED) is 0.626. The van der Waals surface area contributed by atoms with Crippen LogP contribution in [0, 0.1) is 10.1 Å². The number of aromatic nitrogens is 4. The molecule has 2 aromatic rings. The SMILES string of the molecule is CCc1cc(CC)n(-c2c([N+](=O)[O-])c(C(C)C)nn2C)n1. The Morgan fingerprint density at radius 2 is 1.95 bits per heavy atom. The molecule has 0 N–H and O–H groups in total. The lowest BCUT2D eigenvalue weighted by Crippen LogP contribution is -2.09. The molecule has 21 heavy (non-hydrogen) atoms. The largest absolute Gasteiger partial charge is 0.336 e. The van der Waals surface area contributed by atoms with Crippen LogP contribution >= 0.6 is 0 Å². The normalized spacial score (nSPS) is 11.3. The van der Waals surface area contributed by atoms with Gasteiger partial charge in [0.15, 0.2) is 0 Å². The number of hydrogen-bond donors (Lipinski definition) is 0. The van der Waals surface area contributed by atoms with Crippen LogP contribution in [0.3, 0.4) is 0 Å². The van der Waals surface area contributed by atoms with E-state index in [4.69, 9.17) is 0 Å². The Morgan fingerprint density at radius 3 is 2.43 bits per heavy atom. The van der Waals surface area contributed by atoms with Gasteiger partial charge in [-0.1, -0.05) is 27.7 Å². The molecule has 2 aromatic heterocycles. The summed E-state index contributed by atoms with van der Waals surface area (Å²) in [5.74, 6) is 0.414. The van der Waals surface area contributed by atoms with Crippen molar-refractivity contribution in [2.45, 2.75) is 46.5 Å². The lowest BCUT2D eigenvalue weighted by atomic mass is 10.1. The second-order valence-electron chi connectivity index (χ2n) is 5.34. The summed E-state index contributed by atoms with van der Waals surface area (Å²) in [5.41, 5.74) is 2.42. The molecule has 0 spiro atoms. The average Bonchev–Trinajstić information content (AvgIpc) is 2.98. The van der Waals surface area contributed by atoms with E-state index in [0.29, 0.717) is 11.5 Å². The minimum Gasteiger partial charge on any atom is -0.258 e. The number of rotatable bonds is 5. The summed E-state index contributed by atoms with van der Waals surface area (Å²) >= 11 is 0. The van der Waals surface area contributed by atoms with Crippen LogP contribution < -0.4 is 0 Å². The zero-order chi connectivity index (χ0) is 15.7. The van der Waals surface area contributed by atoms with E-state index in [1.807, 2.05) is 33.8 Å². The molecule has 0 aliphatic carbocycles. The van der Waals surface area contributed by atoms with Gasteiger partial charge in [0.25, 0.3) is 0 Å². The first-order chi connectivity index (χ1) is 9.90. The molecule has 2 rings (SSSR count). The van der Waals surface area contributed by atoms with Gasteiger partial charge < -0.3 is 0 Å². The lowest BCUT2D eigenvalue weighted by molar-refractivity contribution is -0.385. The summed E-state index contributed by atoms with van der Waals surface area (Å²) in [5, 5.41) is 20.4. The summed E-state index contributed by atoms with van der Waals surface area (Å²) in [6.45, 7) is 7.84. The number of hydrogen-bond acceptors (Lipinski definition) is 4. The molecule has 0 radical (unpaired) electrons. The van der Waals surface area contributed by atoms with E-state index in [-0.39, 0.29) is 16.5 Å². The minimum absolute atomic E-state index is 0.0170. The van der Waals surface area contributed by atoms with Gasteiger partial charge in [-0.15, -0.1) is 0 Å². The molecule has 114 valence electrons. The molecule has 0 aliphatic heterocycles. The van der Waals surface area contributed by atoms with Gasteiger partial charge in [-0.25, -0.2) is 9.36 Å². The number of nitrogens with zero attached hydrogens (tertiary/aromatic N) is 5. The van der Waals surface area contributed by atoms with Crippen molar-refractivity contribution >= 4 is 5.69 Å². The maximum absolute atomic E-state index is 11.5. The minimum atomic E-state index is -0.357. The van der Waals surface area contributed by atoms with Crippen molar-refractivity contribution in [2.24, 2.45) is 7.05 Å². The van der Waals surface area contributed by atoms with Crippen molar-refractivity contribution in [1.29, 1.82) is 0 Å². The van der Waals surface area contributed by atoms with Crippen LogP contribution in [0.15, 0.2) is 6.07 Å². The lowest BCUT2D eigenvalue weighted by Gasteiger charge is -2.05. The van der Waals surface area contributed by atoms with Crippen LogP contribution in [0.1, 0.15) is 50.7 Å². The highest BCUT2D eigenvalue weighted by Gasteiger charge is 2.31. The summed E-state index contributed by atoms with van der Waals surface area (Å²) in [6.07, 6.45) is 1.55. The molecule has 0 fully saturated rings. The second-order valence-corrected chi connectivity index (χ2v) is 5.34. The third-order valence-corrected chi connectivity index (χ3v) is 3.51. The van der Waals surface area contributed by atoms with Crippen molar-refractivity contribution in [3.8, 4) is 5.82 Å². The maximum atomic E-state index is 11.5. The van der Waals surface area contributed by atoms with Crippen molar-refractivity contribution in [2.75, 3.05) is 0 Å². The van der Waals surface area contributed by atoms with Gasteiger partial charge in [0.1, 0.15) is 5.69 Å². The number of nitro groups is 1. The Labute approximate surface area is 123 Å². The third-order valence-electron chi connectivity index (χ3n) is 3.51. The van der Waals surface area contributed by atoms with Crippen LogP contribution in [0.2, 0.25) is 0 Å². The highest BCUT2D eigenvalue weighted by molar-refractivity contribution is 5.53. The molecule has 0 aliphatic rings. The van der Waals surface area contributed by atoms with Gasteiger partial charge in [-0.3, -0.25) is 10.1 Å².